The van der Waals surface area contributed by atoms with Gasteiger partial charge >= 0.3 is 5.97 Å². The molecule has 0 aliphatic carbocycles. The van der Waals surface area contributed by atoms with Gasteiger partial charge in [-0.1, -0.05) is 43.7 Å². The molecule has 0 heterocycles. The van der Waals surface area contributed by atoms with Crippen LogP contribution in [-0.4, -0.2) is 23.5 Å². The molecule has 0 saturated carbocycles. The molecule has 0 spiro atoms. The van der Waals surface area contributed by atoms with E-state index in [9.17, 15) is 9.59 Å². The maximum Gasteiger partial charge on any atom is 0.303 e. The molecule has 0 fully saturated rings. The van der Waals surface area contributed by atoms with Crippen LogP contribution in [0.1, 0.15) is 44.2 Å². The number of nitrogens with two attached hydrogens (primary N) is 1. The summed E-state index contributed by atoms with van der Waals surface area (Å²) in [5.74, 6) is -0.929. The van der Waals surface area contributed by atoms with Crippen LogP contribution in [0, 0.1) is 5.92 Å². The van der Waals surface area contributed by atoms with E-state index < -0.39 is 5.97 Å². The van der Waals surface area contributed by atoms with E-state index in [2.05, 4.69) is 5.32 Å². The van der Waals surface area contributed by atoms with E-state index >= 15 is 0 Å². The van der Waals surface area contributed by atoms with Crippen LogP contribution in [0.2, 0.25) is 0 Å². The van der Waals surface area contributed by atoms with Crippen LogP contribution >= 0.6 is 0 Å². The van der Waals surface area contributed by atoms with E-state index in [1.807, 2.05) is 37.3 Å². The van der Waals surface area contributed by atoms with Crippen LogP contribution in [0.4, 0.5) is 0 Å². The van der Waals surface area contributed by atoms with Gasteiger partial charge in [0.25, 0.3) is 0 Å². The predicted molar refractivity (Wildman–Crippen MR) is 81.6 cm³/mol. The van der Waals surface area contributed by atoms with Crippen molar-refractivity contribution in [2.24, 2.45) is 11.7 Å². The number of hydrogen-bond acceptors (Lipinski definition) is 3. The van der Waals surface area contributed by atoms with Gasteiger partial charge in [-0.25, -0.2) is 0 Å². The standard InChI is InChI=1S/C16H24N2O3/c1-2-12(10-16(20)21)11-18-15(19)9-8-14(17)13-6-4-3-5-7-13/h3-7,12,14H,2,8-11,17H2,1H3,(H,18,19)(H,20,21). The molecule has 4 N–H and O–H groups in total. The summed E-state index contributed by atoms with van der Waals surface area (Å²) in [5, 5.41) is 11.5. The highest BCUT2D eigenvalue weighted by atomic mass is 16.4. The lowest BCUT2D eigenvalue weighted by Gasteiger charge is -2.15. The SMILES string of the molecule is CCC(CNC(=O)CCC(N)c1ccccc1)CC(=O)O. The fourth-order valence-corrected chi connectivity index (χ4v) is 2.11. The van der Waals surface area contributed by atoms with Gasteiger partial charge in [0.15, 0.2) is 0 Å². The quantitative estimate of drug-likeness (QED) is 0.649. The van der Waals surface area contributed by atoms with Crippen molar-refractivity contribution in [3.63, 3.8) is 0 Å². The summed E-state index contributed by atoms with van der Waals surface area (Å²) in [6.07, 6.45) is 1.74. The second-order valence-electron chi connectivity index (χ2n) is 5.23. The van der Waals surface area contributed by atoms with Crippen molar-refractivity contribution in [3.8, 4) is 0 Å². The summed E-state index contributed by atoms with van der Waals surface area (Å²) in [5.41, 5.74) is 7.05. The second kappa shape index (κ2) is 9.13. The highest BCUT2D eigenvalue weighted by Gasteiger charge is 2.13. The van der Waals surface area contributed by atoms with Gasteiger partial charge in [0.05, 0.1) is 0 Å². The predicted octanol–water partition coefficient (Wildman–Crippen LogP) is 2.08. The molecule has 0 bridgehead atoms. The van der Waals surface area contributed by atoms with Crippen LogP contribution in [0.15, 0.2) is 30.3 Å². The normalized spacial score (nSPS) is 13.4. The molecule has 0 saturated heterocycles. The first-order valence-corrected chi connectivity index (χ1v) is 7.32. The number of hydrogen-bond donors (Lipinski definition) is 3. The number of benzene rings is 1. The molecule has 1 amide bonds. The third kappa shape index (κ3) is 6.90. The zero-order valence-corrected chi connectivity index (χ0v) is 12.4. The molecule has 0 radical (unpaired) electrons. The Kier molecular flexibility index (Phi) is 7.46. The molecular weight excluding hydrogens is 268 g/mol. The molecule has 2 atom stereocenters. The van der Waals surface area contributed by atoms with E-state index in [0.29, 0.717) is 19.4 Å². The zero-order valence-electron chi connectivity index (χ0n) is 12.4. The van der Waals surface area contributed by atoms with E-state index in [1.165, 1.54) is 0 Å². The minimum atomic E-state index is -0.831. The van der Waals surface area contributed by atoms with Crippen LogP contribution < -0.4 is 11.1 Å². The molecular formula is C16H24N2O3. The van der Waals surface area contributed by atoms with E-state index in [4.69, 9.17) is 10.8 Å². The van der Waals surface area contributed by atoms with Gasteiger partial charge in [-0.05, 0) is 17.9 Å². The van der Waals surface area contributed by atoms with E-state index in [-0.39, 0.29) is 24.3 Å². The van der Waals surface area contributed by atoms with Crippen LogP contribution in [0.3, 0.4) is 0 Å². The lowest BCUT2D eigenvalue weighted by Crippen LogP contribution is -2.30. The summed E-state index contributed by atoms with van der Waals surface area (Å²) in [4.78, 5) is 22.4. The summed E-state index contributed by atoms with van der Waals surface area (Å²) >= 11 is 0. The fraction of sp³-hybridized carbons (Fsp3) is 0.500. The molecule has 5 nitrogen and oxygen atoms in total. The zero-order chi connectivity index (χ0) is 15.7. The van der Waals surface area contributed by atoms with Gasteiger partial charge in [0.1, 0.15) is 0 Å². The smallest absolute Gasteiger partial charge is 0.303 e. The Bertz CT molecular complexity index is 448. The Labute approximate surface area is 125 Å². The molecule has 0 aliphatic heterocycles. The highest BCUT2D eigenvalue weighted by molar-refractivity contribution is 5.76. The molecule has 1 rings (SSSR count). The Morgan fingerprint density at radius 3 is 2.52 bits per heavy atom. The minimum Gasteiger partial charge on any atom is -0.481 e. The first kappa shape index (κ1) is 17.2. The molecule has 1 aromatic rings. The summed E-state index contributed by atoms with van der Waals surface area (Å²) < 4.78 is 0. The maximum atomic E-state index is 11.8. The minimum absolute atomic E-state index is 0.0192. The van der Waals surface area contributed by atoms with Crippen LogP contribution in [-0.2, 0) is 9.59 Å². The van der Waals surface area contributed by atoms with Gasteiger partial charge in [-0.2, -0.15) is 0 Å². The van der Waals surface area contributed by atoms with Crippen molar-refractivity contribution in [1.29, 1.82) is 0 Å². The first-order valence-electron chi connectivity index (χ1n) is 7.32. The summed E-state index contributed by atoms with van der Waals surface area (Å²) in [7, 11) is 0. The lowest BCUT2D eigenvalue weighted by molar-refractivity contribution is -0.138. The number of carbonyl (C=O) groups excluding carboxylic acids is 1. The van der Waals surface area contributed by atoms with Crippen LogP contribution in [0.5, 0.6) is 0 Å². The van der Waals surface area contributed by atoms with Crippen molar-refractivity contribution in [3.05, 3.63) is 35.9 Å². The van der Waals surface area contributed by atoms with E-state index in [0.717, 1.165) is 12.0 Å². The fourth-order valence-electron chi connectivity index (χ4n) is 2.11. The average Bonchev–Trinajstić information content (AvgIpc) is 2.49. The number of nitrogens with one attached hydrogen (secondary N) is 1. The Morgan fingerprint density at radius 2 is 1.95 bits per heavy atom. The molecule has 5 heteroatoms. The third-order valence-corrected chi connectivity index (χ3v) is 3.54. The van der Waals surface area contributed by atoms with Gasteiger partial charge in [-0.3, -0.25) is 9.59 Å². The Balaban J connectivity index is 2.29. The number of carbonyl (C=O) groups is 2. The lowest BCUT2D eigenvalue weighted by atomic mass is 10.0. The van der Waals surface area contributed by atoms with Gasteiger partial charge < -0.3 is 16.2 Å². The van der Waals surface area contributed by atoms with E-state index in [1.54, 1.807) is 0 Å². The molecule has 116 valence electrons. The van der Waals surface area contributed by atoms with Gasteiger partial charge in [0.2, 0.25) is 5.91 Å². The third-order valence-electron chi connectivity index (χ3n) is 3.54. The summed E-state index contributed by atoms with van der Waals surface area (Å²) in [6, 6.07) is 9.51. The second-order valence-corrected chi connectivity index (χ2v) is 5.23. The number of rotatable bonds is 9. The first-order chi connectivity index (χ1) is 10.0. The Hall–Kier alpha value is -1.88. The number of carboxylic acids is 1. The summed E-state index contributed by atoms with van der Waals surface area (Å²) in [6.45, 7) is 2.33. The number of carboxylic acid groups (broad SMARTS) is 1. The molecule has 1 aromatic carbocycles. The largest absolute Gasteiger partial charge is 0.481 e. The highest BCUT2D eigenvalue weighted by Crippen LogP contribution is 2.15. The Morgan fingerprint density at radius 1 is 1.29 bits per heavy atom. The molecule has 21 heavy (non-hydrogen) atoms. The van der Waals surface area contributed by atoms with Crippen LogP contribution in [0.25, 0.3) is 0 Å². The van der Waals surface area contributed by atoms with Crippen molar-refractivity contribution in [1.82, 2.24) is 5.32 Å². The van der Waals surface area contributed by atoms with Crippen molar-refractivity contribution >= 4 is 11.9 Å². The van der Waals surface area contributed by atoms with Crippen molar-refractivity contribution < 1.29 is 14.7 Å². The monoisotopic (exact) mass is 292 g/mol. The molecule has 0 aromatic heterocycles. The molecule has 0 aliphatic rings. The van der Waals surface area contributed by atoms with Crippen molar-refractivity contribution in [2.75, 3.05) is 6.54 Å². The van der Waals surface area contributed by atoms with Gasteiger partial charge in [-0.15, -0.1) is 0 Å². The van der Waals surface area contributed by atoms with Gasteiger partial charge in [0, 0.05) is 25.4 Å². The molecule has 2 unspecified atom stereocenters. The average molecular weight is 292 g/mol. The maximum absolute atomic E-state index is 11.8. The number of aliphatic carboxylic acids is 1. The van der Waals surface area contributed by atoms with Crippen molar-refractivity contribution in [2.45, 2.75) is 38.6 Å². The topological polar surface area (TPSA) is 92.4 Å². The number of amides is 1.